The van der Waals surface area contributed by atoms with Crippen LogP contribution >= 0.6 is 0 Å². The van der Waals surface area contributed by atoms with Crippen LogP contribution in [0.5, 0.6) is 5.75 Å². The highest BCUT2D eigenvalue weighted by Crippen LogP contribution is 2.23. The molecule has 2 rings (SSSR count). The number of nitrogens with one attached hydrogen (secondary N) is 1. The summed E-state index contributed by atoms with van der Waals surface area (Å²) in [7, 11) is 1.69. The lowest BCUT2D eigenvalue weighted by Crippen LogP contribution is -2.24. The third kappa shape index (κ3) is 3.58. The van der Waals surface area contributed by atoms with Crippen molar-refractivity contribution in [3.05, 3.63) is 59.9 Å². The minimum atomic E-state index is 0.296. The number of benzene rings is 1. The lowest BCUT2D eigenvalue weighted by molar-refractivity contribution is 0.413. The molecule has 0 saturated heterocycles. The van der Waals surface area contributed by atoms with Crippen LogP contribution in [0.2, 0.25) is 0 Å². The van der Waals surface area contributed by atoms with E-state index >= 15 is 0 Å². The summed E-state index contributed by atoms with van der Waals surface area (Å²) < 4.78 is 5.21. The van der Waals surface area contributed by atoms with Gasteiger partial charge in [0.2, 0.25) is 0 Å². The summed E-state index contributed by atoms with van der Waals surface area (Å²) in [6.07, 6.45) is 4.71. The van der Waals surface area contributed by atoms with Gasteiger partial charge in [0, 0.05) is 24.5 Å². The van der Waals surface area contributed by atoms with Crippen molar-refractivity contribution in [2.45, 2.75) is 32.4 Å². The van der Waals surface area contributed by atoms with Crippen molar-refractivity contribution in [3.63, 3.8) is 0 Å². The molecular formula is C17H22N2O. The number of pyridine rings is 1. The fourth-order valence-electron chi connectivity index (χ4n) is 2.34. The van der Waals surface area contributed by atoms with E-state index in [4.69, 9.17) is 4.74 Å². The summed E-state index contributed by atoms with van der Waals surface area (Å²) in [6.45, 7) is 4.38. The molecule has 0 saturated carbocycles. The van der Waals surface area contributed by atoms with Gasteiger partial charge in [-0.15, -0.1) is 0 Å². The lowest BCUT2D eigenvalue weighted by atomic mass is 10.0. The van der Waals surface area contributed by atoms with Gasteiger partial charge in [-0.1, -0.05) is 19.1 Å². The highest BCUT2D eigenvalue weighted by Gasteiger charge is 2.13. The summed E-state index contributed by atoms with van der Waals surface area (Å²) >= 11 is 0. The van der Waals surface area contributed by atoms with E-state index in [1.54, 1.807) is 7.11 Å². The molecule has 0 amide bonds. The van der Waals surface area contributed by atoms with Gasteiger partial charge in [-0.05, 0) is 48.7 Å². The smallest absolute Gasteiger partial charge is 0.118 e. The molecule has 3 nitrogen and oxygen atoms in total. The molecule has 1 N–H and O–H groups in total. The molecule has 106 valence electrons. The van der Waals surface area contributed by atoms with Crippen LogP contribution < -0.4 is 10.1 Å². The molecule has 0 bridgehead atoms. The zero-order valence-corrected chi connectivity index (χ0v) is 12.3. The zero-order valence-electron chi connectivity index (χ0n) is 12.3. The molecule has 0 radical (unpaired) electrons. The van der Waals surface area contributed by atoms with Crippen molar-refractivity contribution in [1.82, 2.24) is 10.3 Å². The maximum absolute atomic E-state index is 5.21. The molecule has 1 unspecified atom stereocenters. The second-order valence-electron chi connectivity index (χ2n) is 4.90. The number of aromatic nitrogens is 1. The topological polar surface area (TPSA) is 34.2 Å². The molecule has 1 aromatic heterocycles. The van der Waals surface area contributed by atoms with Gasteiger partial charge in [0.1, 0.15) is 5.75 Å². The van der Waals surface area contributed by atoms with Crippen molar-refractivity contribution < 1.29 is 4.74 Å². The molecule has 0 aliphatic heterocycles. The first-order valence-electron chi connectivity index (χ1n) is 7.04. The fourth-order valence-corrected chi connectivity index (χ4v) is 2.34. The maximum atomic E-state index is 5.21. The van der Waals surface area contributed by atoms with Crippen LogP contribution in [0.3, 0.4) is 0 Å². The van der Waals surface area contributed by atoms with Crippen molar-refractivity contribution in [3.8, 4) is 5.75 Å². The molecule has 2 atom stereocenters. The fraction of sp³-hybridized carbons (Fsp3) is 0.353. The van der Waals surface area contributed by atoms with Gasteiger partial charge in [0.15, 0.2) is 0 Å². The van der Waals surface area contributed by atoms with Crippen molar-refractivity contribution in [1.29, 1.82) is 0 Å². The average molecular weight is 270 g/mol. The number of hydrogen-bond acceptors (Lipinski definition) is 3. The van der Waals surface area contributed by atoms with E-state index in [9.17, 15) is 0 Å². The molecule has 1 heterocycles. The van der Waals surface area contributed by atoms with Crippen LogP contribution in [0.1, 0.15) is 43.5 Å². The van der Waals surface area contributed by atoms with Gasteiger partial charge in [-0.2, -0.15) is 0 Å². The maximum Gasteiger partial charge on any atom is 0.118 e. The van der Waals surface area contributed by atoms with Gasteiger partial charge in [-0.25, -0.2) is 0 Å². The van der Waals surface area contributed by atoms with E-state index in [0.29, 0.717) is 12.1 Å². The Morgan fingerprint density at radius 2 is 1.70 bits per heavy atom. The van der Waals surface area contributed by atoms with Crippen LogP contribution in [0.15, 0.2) is 48.8 Å². The Hall–Kier alpha value is -1.87. The second kappa shape index (κ2) is 7.06. The van der Waals surface area contributed by atoms with Crippen LogP contribution in [-0.2, 0) is 0 Å². The minimum absolute atomic E-state index is 0.296. The molecule has 0 aliphatic carbocycles. The minimum Gasteiger partial charge on any atom is -0.497 e. The average Bonchev–Trinajstić information content (AvgIpc) is 2.53. The predicted octanol–water partition coefficient (Wildman–Crippen LogP) is 3.89. The second-order valence-corrected chi connectivity index (χ2v) is 4.90. The number of rotatable bonds is 6. The SMILES string of the molecule is CCC(N[C@@H](C)c1ccncc1)c1ccc(OC)cc1. The van der Waals surface area contributed by atoms with E-state index in [0.717, 1.165) is 12.2 Å². The first-order valence-corrected chi connectivity index (χ1v) is 7.04. The van der Waals surface area contributed by atoms with Gasteiger partial charge in [0.25, 0.3) is 0 Å². The van der Waals surface area contributed by atoms with Gasteiger partial charge >= 0.3 is 0 Å². The van der Waals surface area contributed by atoms with Gasteiger partial charge in [0.05, 0.1) is 7.11 Å². The summed E-state index contributed by atoms with van der Waals surface area (Å²) in [4.78, 5) is 4.06. The van der Waals surface area contributed by atoms with Crippen LogP contribution in [0.4, 0.5) is 0 Å². The van der Waals surface area contributed by atoms with E-state index in [1.807, 2.05) is 24.5 Å². The number of methoxy groups -OCH3 is 1. The predicted molar refractivity (Wildman–Crippen MR) is 81.8 cm³/mol. The number of nitrogens with zero attached hydrogens (tertiary/aromatic N) is 1. The van der Waals surface area contributed by atoms with Crippen LogP contribution in [0.25, 0.3) is 0 Å². The molecule has 20 heavy (non-hydrogen) atoms. The van der Waals surface area contributed by atoms with Gasteiger partial charge in [-0.3, -0.25) is 4.98 Å². The largest absolute Gasteiger partial charge is 0.497 e. The Kier molecular flexibility index (Phi) is 5.13. The number of ether oxygens (including phenoxy) is 1. The summed E-state index contributed by atoms with van der Waals surface area (Å²) in [5.74, 6) is 0.894. The highest BCUT2D eigenvalue weighted by molar-refractivity contribution is 5.29. The summed E-state index contributed by atoms with van der Waals surface area (Å²) in [5, 5.41) is 3.67. The molecule has 0 spiro atoms. The van der Waals surface area contributed by atoms with Gasteiger partial charge < -0.3 is 10.1 Å². The van der Waals surface area contributed by atoms with E-state index < -0.39 is 0 Å². The molecule has 0 aliphatic rings. The Morgan fingerprint density at radius 3 is 2.25 bits per heavy atom. The third-order valence-electron chi connectivity index (χ3n) is 3.58. The Labute approximate surface area is 121 Å². The molecule has 2 aromatic rings. The lowest BCUT2D eigenvalue weighted by Gasteiger charge is -2.23. The Balaban J connectivity index is 2.08. The monoisotopic (exact) mass is 270 g/mol. The van der Waals surface area contributed by atoms with Crippen molar-refractivity contribution >= 4 is 0 Å². The molecular weight excluding hydrogens is 248 g/mol. The molecule has 0 fully saturated rings. The van der Waals surface area contributed by atoms with E-state index in [2.05, 4.69) is 48.4 Å². The van der Waals surface area contributed by atoms with E-state index in [-0.39, 0.29) is 0 Å². The standard InChI is InChI=1S/C17H22N2O/c1-4-17(15-5-7-16(20-3)8-6-15)19-13(2)14-9-11-18-12-10-14/h5-13,17,19H,4H2,1-3H3/t13-,17?/m0/s1. The van der Waals surface area contributed by atoms with E-state index in [1.165, 1.54) is 11.1 Å². The quantitative estimate of drug-likeness (QED) is 0.864. The summed E-state index contributed by atoms with van der Waals surface area (Å²) in [5.41, 5.74) is 2.54. The Morgan fingerprint density at radius 1 is 1.05 bits per heavy atom. The highest BCUT2D eigenvalue weighted by atomic mass is 16.5. The van der Waals surface area contributed by atoms with Crippen LogP contribution in [0, 0.1) is 0 Å². The molecule has 3 heteroatoms. The number of hydrogen-bond donors (Lipinski definition) is 1. The Bertz CT molecular complexity index is 510. The normalized spacial score (nSPS) is 13.8. The zero-order chi connectivity index (χ0) is 14.4. The third-order valence-corrected chi connectivity index (χ3v) is 3.58. The van der Waals surface area contributed by atoms with Crippen molar-refractivity contribution in [2.24, 2.45) is 0 Å². The summed E-state index contributed by atoms with van der Waals surface area (Å²) in [6, 6.07) is 13.0. The molecule has 1 aromatic carbocycles. The van der Waals surface area contributed by atoms with Crippen LogP contribution in [-0.4, -0.2) is 12.1 Å². The van der Waals surface area contributed by atoms with Crippen molar-refractivity contribution in [2.75, 3.05) is 7.11 Å². The first kappa shape index (κ1) is 14.5. The first-order chi connectivity index (χ1) is 9.74.